The van der Waals surface area contributed by atoms with Crippen molar-refractivity contribution in [2.75, 3.05) is 5.32 Å². The van der Waals surface area contributed by atoms with Gasteiger partial charge < -0.3 is 5.32 Å². The number of nitrogens with zero attached hydrogens (tertiary/aromatic N) is 2. The molecule has 1 aromatic heterocycles. The molecule has 0 amide bonds. The lowest BCUT2D eigenvalue weighted by Crippen LogP contribution is -2.15. The summed E-state index contributed by atoms with van der Waals surface area (Å²) < 4.78 is 0. The first kappa shape index (κ1) is 9.01. The minimum absolute atomic E-state index is 0.499. The zero-order valence-corrected chi connectivity index (χ0v) is 8.03. The Morgan fingerprint density at radius 1 is 1.43 bits per heavy atom. The molecule has 0 spiro atoms. The van der Waals surface area contributed by atoms with Gasteiger partial charge in [-0.1, -0.05) is 12.8 Å². The molecule has 1 N–H and O–H groups in total. The third kappa shape index (κ3) is 1.85. The smallest absolute Gasteiger partial charge is 0.163 e. The molecule has 0 atom stereocenters. The highest BCUT2D eigenvalue weighted by Crippen LogP contribution is 2.23. The lowest BCUT2D eigenvalue weighted by atomic mass is 10.2. The van der Waals surface area contributed by atoms with E-state index in [4.69, 9.17) is 5.26 Å². The summed E-state index contributed by atoms with van der Waals surface area (Å²) in [4.78, 5) is 4.02. The van der Waals surface area contributed by atoms with Gasteiger partial charge in [0.1, 0.15) is 6.07 Å². The predicted octanol–water partition coefficient (Wildman–Crippen LogP) is 2.31. The molecular weight excluding hydrogens is 174 g/mol. The van der Waals surface area contributed by atoms with Gasteiger partial charge in [0.05, 0.1) is 5.69 Å². The van der Waals surface area contributed by atoms with Gasteiger partial charge in [0.2, 0.25) is 0 Å². The number of anilines is 1. The van der Waals surface area contributed by atoms with Crippen molar-refractivity contribution in [3.63, 3.8) is 0 Å². The van der Waals surface area contributed by atoms with E-state index in [9.17, 15) is 0 Å². The second-order valence-electron chi connectivity index (χ2n) is 3.64. The summed E-state index contributed by atoms with van der Waals surface area (Å²) in [7, 11) is 0. The summed E-state index contributed by atoms with van der Waals surface area (Å²) in [5, 5.41) is 12.2. The Morgan fingerprint density at radius 3 is 2.93 bits per heavy atom. The molecule has 1 aliphatic carbocycles. The second kappa shape index (κ2) is 4.10. The van der Waals surface area contributed by atoms with Gasteiger partial charge in [-0.05, 0) is 25.0 Å². The molecule has 2 rings (SSSR count). The highest BCUT2D eigenvalue weighted by molar-refractivity contribution is 5.53. The number of rotatable bonds is 2. The fourth-order valence-electron chi connectivity index (χ4n) is 1.90. The van der Waals surface area contributed by atoms with Crippen LogP contribution in [0.25, 0.3) is 0 Å². The third-order valence-electron chi connectivity index (χ3n) is 2.63. The molecule has 3 heteroatoms. The molecule has 0 unspecified atom stereocenters. The van der Waals surface area contributed by atoms with E-state index in [0.29, 0.717) is 11.7 Å². The van der Waals surface area contributed by atoms with Crippen LogP contribution in [0, 0.1) is 11.3 Å². The van der Waals surface area contributed by atoms with Crippen molar-refractivity contribution in [3.05, 3.63) is 24.0 Å². The molecule has 72 valence electrons. The van der Waals surface area contributed by atoms with Crippen molar-refractivity contribution in [1.82, 2.24) is 4.98 Å². The third-order valence-corrected chi connectivity index (χ3v) is 2.63. The van der Waals surface area contributed by atoms with Crippen molar-refractivity contribution in [2.45, 2.75) is 31.7 Å². The Kier molecular flexibility index (Phi) is 2.64. The molecule has 0 aromatic carbocycles. The molecule has 0 aliphatic heterocycles. The maximum absolute atomic E-state index is 8.84. The first-order valence-electron chi connectivity index (χ1n) is 5.02. The van der Waals surface area contributed by atoms with Crippen LogP contribution in [-0.2, 0) is 0 Å². The van der Waals surface area contributed by atoms with E-state index < -0.39 is 0 Å². The Hall–Kier alpha value is -1.56. The molecule has 1 aromatic rings. The van der Waals surface area contributed by atoms with E-state index in [-0.39, 0.29) is 0 Å². The van der Waals surface area contributed by atoms with Crippen LogP contribution in [0.2, 0.25) is 0 Å². The number of hydrogen-bond donors (Lipinski definition) is 1. The van der Waals surface area contributed by atoms with Crippen LogP contribution in [0.3, 0.4) is 0 Å². The monoisotopic (exact) mass is 187 g/mol. The van der Waals surface area contributed by atoms with E-state index in [0.717, 1.165) is 5.69 Å². The van der Waals surface area contributed by atoms with Crippen LogP contribution in [-0.4, -0.2) is 11.0 Å². The molecule has 1 heterocycles. The zero-order chi connectivity index (χ0) is 9.80. The first-order valence-corrected chi connectivity index (χ1v) is 5.02. The Labute approximate surface area is 83.8 Å². The van der Waals surface area contributed by atoms with Gasteiger partial charge >= 0.3 is 0 Å². The van der Waals surface area contributed by atoms with Crippen LogP contribution in [0.5, 0.6) is 0 Å². The fourth-order valence-corrected chi connectivity index (χ4v) is 1.90. The number of pyridine rings is 1. The topological polar surface area (TPSA) is 48.7 Å². The lowest BCUT2D eigenvalue weighted by Gasteiger charge is -2.13. The second-order valence-corrected chi connectivity index (χ2v) is 3.64. The normalized spacial score (nSPS) is 16.5. The largest absolute Gasteiger partial charge is 0.380 e. The molecule has 0 bridgehead atoms. The summed E-state index contributed by atoms with van der Waals surface area (Å²) >= 11 is 0. The minimum Gasteiger partial charge on any atom is -0.380 e. The molecule has 0 radical (unpaired) electrons. The highest BCUT2D eigenvalue weighted by Gasteiger charge is 2.15. The number of nitrogens with one attached hydrogen (secondary N) is 1. The van der Waals surface area contributed by atoms with Crippen LogP contribution < -0.4 is 5.32 Å². The first-order chi connectivity index (χ1) is 6.90. The maximum atomic E-state index is 8.84. The van der Waals surface area contributed by atoms with Crippen molar-refractivity contribution in [1.29, 1.82) is 5.26 Å². The van der Waals surface area contributed by atoms with Gasteiger partial charge in [-0.3, -0.25) is 0 Å². The van der Waals surface area contributed by atoms with Gasteiger partial charge in [0.25, 0.3) is 0 Å². The summed E-state index contributed by atoms with van der Waals surface area (Å²) in [6.45, 7) is 0. The van der Waals surface area contributed by atoms with Crippen LogP contribution >= 0.6 is 0 Å². The zero-order valence-electron chi connectivity index (χ0n) is 8.03. The van der Waals surface area contributed by atoms with Gasteiger partial charge in [0, 0.05) is 12.2 Å². The minimum atomic E-state index is 0.499. The maximum Gasteiger partial charge on any atom is 0.163 e. The summed E-state index contributed by atoms with van der Waals surface area (Å²) in [5.41, 5.74) is 1.38. The Morgan fingerprint density at radius 2 is 2.21 bits per heavy atom. The SMILES string of the molecule is N#Cc1ncccc1NC1CCCC1. The van der Waals surface area contributed by atoms with Crippen LogP contribution in [0.1, 0.15) is 31.4 Å². The molecule has 3 nitrogen and oxygen atoms in total. The molecule has 1 saturated carbocycles. The Balaban J connectivity index is 2.11. The number of nitriles is 1. The number of aromatic nitrogens is 1. The van der Waals surface area contributed by atoms with Gasteiger partial charge in [-0.2, -0.15) is 5.26 Å². The van der Waals surface area contributed by atoms with Gasteiger partial charge in [0.15, 0.2) is 5.69 Å². The van der Waals surface area contributed by atoms with E-state index in [2.05, 4.69) is 16.4 Å². The molecule has 1 aliphatic rings. The van der Waals surface area contributed by atoms with Crippen LogP contribution in [0.15, 0.2) is 18.3 Å². The van der Waals surface area contributed by atoms with Crippen molar-refractivity contribution in [2.24, 2.45) is 0 Å². The Bertz CT molecular complexity index is 348. The van der Waals surface area contributed by atoms with Crippen molar-refractivity contribution >= 4 is 5.69 Å². The summed E-state index contributed by atoms with van der Waals surface area (Å²) in [5.74, 6) is 0. The van der Waals surface area contributed by atoms with E-state index in [1.54, 1.807) is 6.20 Å². The average molecular weight is 187 g/mol. The molecular formula is C11H13N3. The highest BCUT2D eigenvalue weighted by atomic mass is 14.9. The van der Waals surface area contributed by atoms with Crippen LogP contribution in [0.4, 0.5) is 5.69 Å². The average Bonchev–Trinajstić information content (AvgIpc) is 2.71. The van der Waals surface area contributed by atoms with Crippen molar-refractivity contribution in [3.8, 4) is 6.07 Å². The summed E-state index contributed by atoms with van der Waals surface area (Å²) in [6, 6.07) is 6.41. The molecule has 1 fully saturated rings. The van der Waals surface area contributed by atoms with Gasteiger partial charge in [-0.25, -0.2) is 4.98 Å². The van der Waals surface area contributed by atoms with Crippen molar-refractivity contribution < 1.29 is 0 Å². The lowest BCUT2D eigenvalue weighted by molar-refractivity contribution is 0.754. The quantitative estimate of drug-likeness (QED) is 0.772. The number of hydrogen-bond acceptors (Lipinski definition) is 3. The predicted molar refractivity (Wildman–Crippen MR) is 54.8 cm³/mol. The van der Waals surface area contributed by atoms with Gasteiger partial charge in [-0.15, -0.1) is 0 Å². The van der Waals surface area contributed by atoms with E-state index in [1.165, 1.54) is 25.7 Å². The van der Waals surface area contributed by atoms with E-state index >= 15 is 0 Å². The summed E-state index contributed by atoms with van der Waals surface area (Å²) in [6.07, 6.45) is 6.65. The molecule has 14 heavy (non-hydrogen) atoms. The fraction of sp³-hybridized carbons (Fsp3) is 0.455. The van der Waals surface area contributed by atoms with E-state index in [1.807, 2.05) is 12.1 Å². The molecule has 0 saturated heterocycles. The standard InChI is InChI=1S/C11H13N3/c12-8-11-10(6-3-7-13-11)14-9-4-1-2-5-9/h3,6-7,9,14H,1-2,4-5H2.